The highest BCUT2D eigenvalue weighted by Gasteiger charge is 2.33. The van der Waals surface area contributed by atoms with Crippen LogP contribution in [0.3, 0.4) is 0 Å². The number of nitrogens with two attached hydrogens (primary N) is 1. The van der Waals surface area contributed by atoms with Crippen LogP contribution in [-0.4, -0.2) is 18.0 Å². The van der Waals surface area contributed by atoms with E-state index in [0.29, 0.717) is 0 Å². The zero-order valence-corrected chi connectivity index (χ0v) is 14.1. The van der Waals surface area contributed by atoms with Gasteiger partial charge in [0.2, 0.25) is 5.91 Å². The van der Waals surface area contributed by atoms with Gasteiger partial charge < -0.3 is 11.1 Å². The quantitative estimate of drug-likeness (QED) is 0.876. The highest BCUT2D eigenvalue weighted by Crippen LogP contribution is 2.30. The lowest BCUT2D eigenvalue weighted by Gasteiger charge is -2.36. The summed E-state index contributed by atoms with van der Waals surface area (Å²) in [6.07, 6.45) is 4.84. The largest absolute Gasteiger partial charge is 0.352 e. The van der Waals surface area contributed by atoms with Crippen molar-refractivity contribution < 1.29 is 4.79 Å². The summed E-state index contributed by atoms with van der Waals surface area (Å²) in [5, 5.41) is 3.30. The fourth-order valence-corrected chi connectivity index (χ4v) is 3.62. The molecule has 1 amide bonds. The van der Waals surface area contributed by atoms with Crippen molar-refractivity contribution in [2.24, 2.45) is 11.7 Å². The molecule has 1 aromatic rings. The van der Waals surface area contributed by atoms with Crippen LogP contribution in [0, 0.1) is 5.92 Å². The van der Waals surface area contributed by atoms with Crippen LogP contribution in [0.1, 0.15) is 58.4 Å². The summed E-state index contributed by atoms with van der Waals surface area (Å²) in [4.78, 5) is 12.6. The Bertz CT molecular complexity index is 483. The molecule has 0 saturated heterocycles. The van der Waals surface area contributed by atoms with Crippen LogP contribution in [0.5, 0.6) is 0 Å². The maximum absolute atomic E-state index is 12.6. The van der Waals surface area contributed by atoms with Crippen molar-refractivity contribution in [2.75, 3.05) is 0 Å². The van der Waals surface area contributed by atoms with Gasteiger partial charge in [-0.15, -0.1) is 0 Å². The monoisotopic (exact) mass is 302 g/mol. The zero-order chi connectivity index (χ0) is 16.2. The van der Waals surface area contributed by atoms with E-state index in [1.807, 2.05) is 6.07 Å². The summed E-state index contributed by atoms with van der Waals surface area (Å²) in [5.41, 5.74) is 7.21. The Morgan fingerprint density at radius 1 is 1.32 bits per heavy atom. The molecule has 1 aliphatic rings. The number of rotatable bonds is 5. The molecular formula is C19H30N2O. The number of hydrogen-bond acceptors (Lipinski definition) is 2. The molecule has 1 saturated carbocycles. The minimum atomic E-state index is -0.0809. The third kappa shape index (κ3) is 3.89. The molecule has 0 spiro atoms. The summed E-state index contributed by atoms with van der Waals surface area (Å²) in [6, 6.07) is 10.8. The van der Waals surface area contributed by atoms with Crippen molar-refractivity contribution in [2.45, 2.75) is 70.4 Å². The first-order valence-electron chi connectivity index (χ1n) is 8.56. The van der Waals surface area contributed by atoms with Crippen molar-refractivity contribution in [3.8, 4) is 0 Å². The lowest BCUT2D eigenvalue weighted by atomic mass is 9.76. The van der Waals surface area contributed by atoms with Crippen LogP contribution in [0.2, 0.25) is 0 Å². The Labute approximate surface area is 134 Å². The van der Waals surface area contributed by atoms with Gasteiger partial charge in [0.05, 0.1) is 0 Å². The van der Waals surface area contributed by atoms with Gasteiger partial charge in [-0.3, -0.25) is 4.79 Å². The minimum absolute atomic E-state index is 0.0809. The summed E-state index contributed by atoms with van der Waals surface area (Å²) < 4.78 is 0. The Morgan fingerprint density at radius 2 is 2.00 bits per heavy atom. The lowest BCUT2D eigenvalue weighted by molar-refractivity contribution is -0.127. The minimum Gasteiger partial charge on any atom is -0.352 e. The first-order valence-corrected chi connectivity index (χ1v) is 8.56. The highest BCUT2D eigenvalue weighted by atomic mass is 16.1. The molecule has 0 aromatic heterocycles. The van der Waals surface area contributed by atoms with Gasteiger partial charge >= 0.3 is 0 Å². The molecule has 3 atom stereocenters. The molecule has 3 heteroatoms. The molecular weight excluding hydrogens is 272 g/mol. The molecule has 1 aromatic carbocycles. The fraction of sp³-hybridized carbons (Fsp3) is 0.632. The summed E-state index contributed by atoms with van der Waals surface area (Å²) in [6.45, 7) is 6.56. The van der Waals surface area contributed by atoms with Gasteiger partial charge in [0.1, 0.15) is 0 Å². The summed E-state index contributed by atoms with van der Waals surface area (Å²) >= 11 is 0. The Morgan fingerprint density at radius 3 is 2.59 bits per heavy atom. The van der Waals surface area contributed by atoms with Crippen LogP contribution in [0.15, 0.2) is 30.3 Å². The number of carbonyl (C=O) groups is 1. The van der Waals surface area contributed by atoms with Crippen molar-refractivity contribution >= 4 is 5.91 Å². The maximum Gasteiger partial charge on any atom is 0.223 e. The van der Waals surface area contributed by atoms with E-state index < -0.39 is 0 Å². The average Bonchev–Trinajstić information content (AvgIpc) is 2.53. The lowest BCUT2D eigenvalue weighted by Crippen LogP contribution is -2.50. The average molecular weight is 302 g/mol. The SMILES string of the molecule is CCC(NC(=O)C1CCCC(N)C1)C(C)(C)c1ccccc1. The fourth-order valence-electron chi connectivity index (χ4n) is 3.62. The molecule has 122 valence electrons. The van der Waals surface area contributed by atoms with Gasteiger partial charge in [-0.25, -0.2) is 0 Å². The molecule has 0 bridgehead atoms. The predicted molar refractivity (Wildman–Crippen MR) is 91.6 cm³/mol. The second-order valence-electron chi connectivity index (χ2n) is 7.18. The molecule has 0 radical (unpaired) electrons. The smallest absolute Gasteiger partial charge is 0.223 e. The van der Waals surface area contributed by atoms with Gasteiger partial charge in [-0.05, 0) is 31.2 Å². The van der Waals surface area contributed by atoms with E-state index in [1.54, 1.807) is 0 Å². The van der Waals surface area contributed by atoms with E-state index in [4.69, 9.17) is 5.73 Å². The molecule has 0 aliphatic heterocycles. The van der Waals surface area contributed by atoms with E-state index in [1.165, 1.54) is 5.56 Å². The van der Waals surface area contributed by atoms with Crippen molar-refractivity contribution in [3.63, 3.8) is 0 Å². The van der Waals surface area contributed by atoms with Crippen molar-refractivity contribution in [1.29, 1.82) is 0 Å². The second kappa shape index (κ2) is 7.28. The standard InChI is InChI=1S/C19H30N2O/c1-4-17(19(2,3)15-10-6-5-7-11-15)21-18(22)14-9-8-12-16(20)13-14/h5-7,10-11,14,16-17H,4,8-9,12-13,20H2,1-3H3,(H,21,22). The molecule has 3 N–H and O–H groups in total. The van der Waals surface area contributed by atoms with E-state index in [-0.39, 0.29) is 29.3 Å². The summed E-state index contributed by atoms with van der Waals surface area (Å²) in [5.74, 6) is 0.273. The predicted octanol–water partition coefficient (Wildman–Crippen LogP) is 3.38. The molecule has 1 aliphatic carbocycles. The third-order valence-electron chi connectivity index (χ3n) is 5.20. The van der Waals surface area contributed by atoms with Crippen molar-refractivity contribution in [1.82, 2.24) is 5.32 Å². The van der Waals surface area contributed by atoms with Gasteiger partial charge in [-0.2, -0.15) is 0 Å². The van der Waals surface area contributed by atoms with Crippen molar-refractivity contribution in [3.05, 3.63) is 35.9 Å². The zero-order valence-electron chi connectivity index (χ0n) is 14.1. The van der Waals surface area contributed by atoms with Gasteiger partial charge in [-0.1, -0.05) is 57.5 Å². The first-order chi connectivity index (χ1) is 10.4. The van der Waals surface area contributed by atoms with Gasteiger partial charge in [0.15, 0.2) is 0 Å². The van der Waals surface area contributed by atoms with Crippen LogP contribution in [-0.2, 0) is 10.2 Å². The van der Waals surface area contributed by atoms with Gasteiger partial charge in [0.25, 0.3) is 0 Å². The van der Waals surface area contributed by atoms with Crippen LogP contribution in [0.25, 0.3) is 0 Å². The number of nitrogens with one attached hydrogen (secondary N) is 1. The number of amides is 1. The van der Waals surface area contributed by atoms with Crippen LogP contribution >= 0.6 is 0 Å². The molecule has 1 fully saturated rings. The van der Waals surface area contributed by atoms with E-state index in [2.05, 4.69) is 50.4 Å². The normalized spacial score (nSPS) is 23.8. The topological polar surface area (TPSA) is 55.1 Å². The Balaban J connectivity index is 2.06. The third-order valence-corrected chi connectivity index (χ3v) is 5.20. The highest BCUT2D eigenvalue weighted by molar-refractivity contribution is 5.79. The summed E-state index contributed by atoms with van der Waals surface area (Å²) in [7, 11) is 0. The van der Waals surface area contributed by atoms with E-state index in [0.717, 1.165) is 32.1 Å². The van der Waals surface area contributed by atoms with Crippen LogP contribution < -0.4 is 11.1 Å². The molecule has 3 nitrogen and oxygen atoms in total. The van der Waals surface area contributed by atoms with Gasteiger partial charge in [0, 0.05) is 23.4 Å². The Hall–Kier alpha value is -1.35. The van der Waals surface area contributed by atoms with E-state index >= 15 is 0 Å². The second-order valence-corrected chi connectivity index (χ2v) is 7.18. The Kier molecular flexibility index (Phi) is 5.63. The molecule has 22 heavy (non-hydrogen) atoms. The number of hydrogen-bond donors (Lipinski definition) is 2. The number of carbonyl (C=O) groups excluding carboxylic acids is 1. The first kappa shape index (κ1) is 17.0. The molecule has 3 unspecified atom stereocenters. The molecule has 2 rings (SSSR count). The van der Waals surface area contributed by atoms with Crippen LogP contribution in [0.4, 0.5) is 0 Å². The van der Waals surface area contributed by atoms with E-state index in [9.17, 15) is 4.79 Å². The molecule has 0 heterocycles. The number of benzene rings is 1. The maximum atomic E-state index is 12.6.